The molecule has 1 heterocycles. The van der Waals surface area contributed by atoms with Gasteiger partial charge in [-0.3, -0.25) is 10.1 Å². The molecule has 0 spiro atoms. The number of nitrogens with two attached hydrogens (primary N) is 1. The van der Waals surface area contributed by atoms with Gasteiger partial charge in [0.1, 0.15) is 0 Å². The summed E-state index contributed by atoms with van der Waals surface area (Å²) in [7, 11) is 0. The van der Waals surface area contributed by atoms with Crippen LogP contribution in [-0.4, -0.2) is 9.49 Å². The van der Waals surface area contributed by atoms with E-state index >= 15 is 0 Å². The molecule has 0 fully saturated rings. The largest absolute Gasteiger partial charge is 0.324 e. The summed E-state index contributed by atoms with van der Waals surface area (Å²) < 4.78 is 2.02. The second-order valence-electron chi connectivity index (χ2n) is 4.86. The second kappa shape index (κ2) is 4.51. The van der Waals surface area contributed by atoms with E-state index < -0.39 is 0 Å². The third-order valence-corrected chi connectivity index (χ3v) is 3.67. The molecule has 0 saturated carbocycles. The minimum atomic E-state index is -0.370. The first-order chi connectivity index (χ1) is 9.16. The Bertz CT molecular complexity index is 633. The average Bonchev–Trinajstić information content (AvgIpc) is 2.84. The van der Waals surface area contributed by atoms with Crippen molar-refractivity contribution in [3.63, 3.8) is 0 Å². The molecule has 5 heteroatoms. The van der Waals surface area contributed by atoms with Crippen LogP contribution in [0.5, 0.6) is 0 Å². The van der Waals surface area contributed by atoms with Gasteiger partial charge in [0.05, 0.1) is 10.6 Å². The van der Waals surface area contributed by atoms with Gasteiger partial charge in [-0.05, 0) is 37.0 Å². The fourth-order valence-corrected chi connectivity index (χ4v) is 2.73. The maximum Gasteiger partial charge on any atom is 0.271 e. The van der Waals surface area contributed by atoms with Crippen molar-refractivity contribution in [1.82, 2.24) is 4.57 Å². The third kappa shape index (κ3) is 2.02. The predicted molar refractivity (Wildman–Crippen MR) is 72.3 cm³/mol. The smallest absolute Gasteiger partial charge is 0.271 e. The van der Waals surface area contributed by atoms with Crippen LogP contribution < -0.4 is 5.73 Å². The Morgan fingerprint density at radius 2 is 2.21 bits per heavy atom. The molecule has 1 unspecified atom stereocenters. The standard InChI is InChI=1S/C14H15N3O2/c15-13-5-2-6-14-12(13)7-8-16(14)10-3-1-4-11(9-10)17(18)19/h1,3-4,7-9,13H,2,5-6,15H2. The highest BCUT2D eigenvalue weighted by atomic mass is 16.6. The molecule has 1 aliphatic rings. The zero-order valence-electron chi connectivity index (χ0n) is 10.5. The van der Waals surface area contributed by atoms with Gasteiger partial charge in [-0.15, -0.1) is 0 Å². The first-order valence-corrected chi connectivity index (χ1v) is 6.37. The fourth-order valence-electron chi connectivity index (χ4n) is 2.73. The number of rotatable bonds is 2. The fraction of sp³-hybridized carbons (Fsp3) is 0.286. The lowest BCUT2D eigenvalue weighted by atomic mass is 9.93. The van der Waals surface area contributed by atoms with Crippen LogP contribution in [0.2, 0.25) is 0 Å². The van der Waals surface area contributed by atoms with Gasteiger partial charge in [0, 0.05) is 30.1 Å². The molecule has 5 nitrogen and oxygen atoms in total. The number of non-ortho nitro benzene ring substituents is 1. The Morgan fingerprint density at radius 1 is 1.37 bits per heavy atom. The van der Waals surface area contributed by atoms with Gasteiger partial charge in [0.25, 0.3) is 5.69 Å². The maximum absolute atomic E-state index is 10.8. The zero-order valence-corrected chi connectivity index (χ0v) is 10.5. The van der Waals surface area contributed by atoms with Crippen molar-refractivity contribution in [3.8, 4) is 5.69 Å². The molecule has 2 N–H and O–H groups in total. The molecular weight excluding hydrogens is 242 g/mol. The van der Waals surface area contributed by atoms with E-state index in [4.69, 9.17) is 5.73 Å². The summed E-state index contributed by atoms with van der Waals surface area (Å²) in [5, 5.41) is 10.8. The summed E-state index contributed by atoms with van der Waals surface area (Å²) in [4.78, 5) is 10.5. The number of hydrogen-bond acceptors (Lipinski definition) is 3. The Hall–Kier alpha value is -2.14. The number of fused-ring (bicyclic) bond motifs is 1. The van der Waals surface area contributed by atoms with Gasteiger partial charge in [0.15, 0.2) is 0 Å². The van der Waals surface area contributed by atoms with Crippen molar-refractivity contribution in [1.29, 1.82) is 0 Å². The number of hydrogen-bond donors (Lipinski definition) is 1. The lowest BCUT2D eigenvalue weighted by Gasteiger charge is -2.20. The van der Waals surface area contributed by atoms with Crippen molar-refractivity contribution in [2.24, 2.45) is 5.73 Å². The topological polar surface area (TPSA) is 74.1 Å². The first kappa shape index (κ1) is 11.9. The van der Waals surface area contributed by atoms with E-state index in [9.17, 15) is 10.1 Å². The molecule has 0 bridgehead atoms. The SMILES string of the molecule is NC1CCCc2c1ccn2-c1cccc([N+](=O)[O-])c1. The van der Waals surface area contributed by atoms with E-state index in [1.54, 1.807) is 12.1 Å². The van der Waals surface area contributed by atoms with E-state index in [0.717, 1.165) is 30.5 Å². The highest BCUT2D eigenvalue weighted by Gasteiger charge is 2.21. The van der Waals surface area contributed by atoms with Crippen LogP contribution in [-0.2, 0) is 6.42 Å². The van der Waals surface area contributed by atoms with Crippen LogP contribution in [0.15, 0.2) is 36.5 Å². The van der Waals surface area contributed by atoms with Crippen molar-refractivity contribution < 1.29 is 4.92 Å². The van der Waals surface area contributed by atoms with Gasteiger partial charge in [-0.2, -0.15) is 0 Å². The summed E-state index contributed by atoms with van der Waals surface area (Å²) in [6, 6.07) is 8.81. The lowest BCUT2D eigenvalue weighted by molar-refractivity contribution is -0.384. The van der Waals surface area contributed by atoms with Gasteiger partial charge >= 0.3 is 0 Å². The molecule has 0 amide bonds. The van der Waals surface area contributed by atoms with Crippen molar-refractivity contribution in [2.75, 3.05) is 0 Å². The molecular formula is C14H15N3O2. The number of nitro benzene ring substituents is 1. The van der Waals surface area contributed by atoms with E-state index in [1.165, 1.54) is 11.8 Å². The molecule has 98 valence electrons. The molecule has 1 aromatic carbocycles. The summed E-state index contributed by atoms with van der Waals surface area (Å²) in [6.45, 7) is 0. The predicted octanol–water partition coefficient (Wildman–Crippen LogP) is 2.72. The van der Waals surface area contributed by atoms with Gasteiger partial charge in [0.2, 0.25) is 0 Å². The summed E-state index contributed by atoms with van der Waals surface area (Å²) in [5.41, 5.74) is 9.37. The van der Waals surface area contributed by atoms with Gasteiger partial charge in [-0.25, -0.2) is 0 Å². The Balaban J connectivity index is 2.08. The van der Waals surface area contributed by atoms with E-state index in [2.05, 4.69) is 0 Å². The molecule has 3 rings (SSSR count). The van der Waals surface area contributed by atoms with E-state index in [-0.39, 0.29) is 16.7 Å². The summed E-state index contributed by atoms with van der Waals surface area (Å²) in [6.07, 6.45) is 4.99. The number of benzene rings is 1. The second-order valence-corrected chi connectivity index (χ2v) is 4.86. The van der Waals surface area contributed by atoms with Gasteiger partial charge in [-0.1, -0.05) is 6.07 Å². The normalized spacial score (nSPS) is 18.1. The number of nitrogens with zero attached hydrogens (tertiary/aromatic N) is 2. The van der Waals surface area contributed by atoms with Crippen LogP contribution in [0, 0.1) is 10.1 Å². The van der Waals surface area contributed by atoms with Crippen LogP contribution in [0.3, 0.4) is 0 Å². The van der Waals surface area contributed by atoms with E-state index in [1.807, 2.05) is 22.9 Å². The summed E-state index contributed by atoms with van der Waals surface area (Å²) in [5.74, 6) is 0. The first-order valence-electron chi connectivity index (χ1n) is 6.37. The molecule has 19 heavy (non-hydrogen) atoms. The highest BCUT2D eigenvalue weighted by molar-refractivity contribution is 5.46. The molecule has 0 saturated heterocycles. The maximum atomic E-state index is 10.8. The van der Waals surface area contributed by atoms with E-state index in [0.29, 0.717) is 0 Å². The molecule has 0 radical (unpaired) electrons. The Kier molecular flexibility index (Phi) is 2.83. The van der Waals surface area contributed by atoms with Crippen LogP contribution >= 0.6 is 0 Å². The lowest BCUT2D eigenvalue weighted by Crippen LogP contribution is -2.17. The average molecular weight is 257 g/mol. The number of nitro groups is 1. The highest BCUT2D eigenvalue weighted by Crippen LogP contribution is 2.31. The molecule has 1 aliphatic carbocycles. The molecule has 2 aromatic rings. The third-order valence-electron chi connectivity index (χ3n) is 3.67. The molecule has 1 aromatic heterocycles. The van der Waals surface area contributed by atoms with Crippen molar-refractivity contribution in [2.45, 2.75) is 25.3 Å². The van der Waals surface area contributed by atoms with Crippen LogP contribution in [0.1, 0.15) is 30.1 Å². The zero-order chi connectivity index (χ0) is 13.4. The minimum absolute atomic E-state index is 0.0868. The number of aromatic nitrogens is 1. The van der Waals surface area contributed by atoms with Crippen molar-refractivity contribution in [3.05, 3.63) is 57.9 Å². The molecule has 0 aliphatic heterocycles. The van der Waals surface area contributed by atoms with Crippen LogP contribution in [0.4, 0.5) is 5.69 Å². The summed E-state index contributed by atoms with van der Waals surface area (Å²) >= 11 is 0. The Morgan fingerprint density at radius 3 is 3.00 bits per heavy atom. The van der Waals surface area contributed by atoms with Crippen molar-refractivity contribution >= 4 is 5.69 Å². The van der Waals surface area contributed by atoms with Gasteiger partial charge < -0.3 is 10.3 Å². The minimum Gasteiger partial charge on any atom is -0.324 e. The van der Waals surface area contributed by atoms with Crippen LogP contribution in [0.25, 0.3) is 5.69 Å². The Labute approximate surface area is 110 Å². The monoisotopic (exact) mass is 257 g/mol. The molecule has 1 atom stereocenters. The quantitative estimate of drug-likeness (QED) is 0.664.